The molecule has 1 saturated heterocycles. The number of thiol groups is 1. The molecule has 2 aromatic rings. The third-order valence-electron chi connectivity index (χ3n) is 5.30. The Morgan fingerprint density at radius 3 is 2.66 bits per heavy atom. The first kappa shape index (κ1) is 24.5. The minimum atomic E-state index is -2.87. The standard InChI is InChI=1S/C21H25ClFN3O5S/c1-30-21(27)16-2-4-17(24-13-16)14-26(32(28)29)7-6-20(25-8-10-31-11-9-25)15-3-5-19(23)18(22)12-15/h2-5,12-13,20,32H,6-11,14H2,1H3. The molecule has 8 nitrogen and oxygen atoms in total. The lowest BCUT2D eigenvalue weighted by Crippen LogP contribution is -2.40. The highest BCUT2D eigenvalue weighted by Gasteiger charge is 2.25. The summed E-state index contributed by atoms with van der Waals surface area (Å²) in [5, 5.41) is 0.0300. The summed E-state index contributed by atoms with van der Waals surface area (Å²) in [4.78, 5) is 17.9. The van der Waals surface area contributed by atoms with Crippen molar-refractivity contribution in [3.63, 3.8) is 0 Å². The van der Waals surface area contributed by atoms with Gasteiger partial charge in [-0.25, -0.2) is 17.6 Å². The molecule has 0 bridgehead atoms. The molecule has 0 spiro atoms. The normalized spacial score (nSPS) is 15.8. The van der Waals surface area contributed by atoms with Crippen molar-refractivity contribution < 1.29 is 27.1 Å². The van der Waals surface area contributed by atoms with Gasteiger partial charge in [-0.2, -0.15) is 4.31 Å². The number of hydrogen-bond donors (Lipinski definition) is 1. The van der Waals surface area contributed by atoms with Crippen molar-refractivity contribution in [2.24, 2.45) is 0 Å². The fraction of sp³-hybridized carbons (Fsp3) is 0.429. The average molecular weight is 486 g/mol. The lowest BCUT2D eigenvalue weighted by molar-refractivity contribution is 0.0133. The van der Waals surface area contributed by atoms with Crippen LogP contribution < -0.4 is 0 Å². The van der Waals surface area contributed by atoms with Crippen LogP contribution in [0.1, 0.15) is 34.1 Å². The van der Waals surface area contributed by atoms with Crippen LogP contribution in [0.4, 0.5) is 4.39 Å². The summed E-state index contributed by atoms with van der Waals surface area (Å²) >= 11 is 6.00. The van der Waals surface area contributed by atoms with Gasteiger partial charge in [-0.15, -0.1) is 0 Å². The molecule has 0 saturated carbocycles. The first-order valence-corrected chi connectivity index (χ1v) is 11.6. The van der Waals surface area contributed by atoms with Gasteiger partial charge >= 0.3 is 5.97 Å². The highest BCUT2D eigenvalue weighted by atomic mass is 35.5. The minimum absolute atomic E-state index is 0.0300. The number of carbonyl (C=O) groups excluding carboxylic acids is 1. The predicted molar refractivity (Wildman–Crippen MR) is 117 cm³/mol. The molecule has 0 radical (unpaired) electrons. The third kappa shape index (κ3) is 6.46. The van der Waals surface area contributed by atoms with E-state index in [-0.39, 0.29) is 29.7 Å². The summed E-state index contributed by atoms with van der Waals surface area (Å²) in [6.07, 6.45) is 1.83. The van der Waals surface area contributed by atoms with Crippen molar-refractivity contribution in [3.05, 3.63) is 64.2 Å². The van der Waals surface area contributed by atoms with E-state index in [0.717, 1.165) is 5.56 Å². The monoisotopic (exact) mass is 485 g/mol. The maximum absolute atomic E-state index is 13.7. The molecule has 1 fully saturated rings. The Morgan fingerprint density at radius 2 is 2.06 bits per heavy atom. The number of benzene rings is 1. The fourth-order valence-electron chi connectivity index (χ4n) is 3.60. The van der Waals surface area contributed by atoms with E-state index < -0.39 is 22.7 Å². The largest absolute Gasteiger partial charge is 0.465 e. The lowest BCUT2D eigenvalue weighted by atomic mass is 10.0. The number of hydrogen-bond acceptors (Lipinski definition) is 7. The van der Waals surface area contributed by atoms with Crippen LogP contribution in [0.5, 0.6) is 0 Å². The van der Waals surface area contributed by atoms with Crippen LogP contribution in [0.2, 0.25) is 5.02 Å². The average Bonchev–Trinajstić information content (AvgIpc) is 2.81. The van der Waals surface area contributed by atoms with Crippen molar-refractivity contribution >= 4 is 28.5 Å². The van der Waals surface area contributed by atoms with Gasteiger partial charge < -0.3 is 9.47 Å². The topological polar surface area (TPSA) is 89.0 Å². The van der Waals surface area contributed by atoms with Crippen LogP contribution in [0.15, 0.2) is 36.5 Å². The molecular weight excluding hydrogens is 461 g/mol. The molecule has 1 aromatic carbocycles. The van der Waals surface area contributed by atoms with E-state index in [9.17, 15) is 17.6 Å². The summed E-state index contributed by atoms with van der Waals surface area (Å²) in [6.45, 7) is 2.80. The Bertz CT molecular complexity index is 991. The van der Waals surface area contributed by atoms with Gasteiger partial charge in [0, 0.05) is 31.9 Å². The lowest BCUT2D eigenvalue weighted by Gasteiger charge is -2.35. The zero-order valence-electron chi connectivity index (χ0n) is 17.6. The highest BCUT2D eigenvalue weighted by Crippen LogP contribution is 2.29. The molecule has 2 heterocycles. The number of morpholine rings is 1. The number of nitrogens with zero attached hydrogens (tertiary/aromatic N) is 3. The molecule has 11 heteroatoms. The van der Waals surface area contributed by atoms with Gasteiger partial charge in [0.1, 0.15) is 5.82 Å². The molecule has 0 amide bonds. The van der Waals surface area contributed by atoms with Crippen molar-refractivity contribution in [2.75, 3.05) is 40.0 Å². The quantitative estimate of drug-likeness (QED) is 0.431. The fourth-order valence-corrected chi connectivity index (χ4v) is 4.33. The summed E-state index contributed by atoms with van der Waals surface area (Å²) in [6, 6.07) is 7.58. The number of methoxy groups -OCH3 is 1. The van der Waals surface area contributed by atoms with E-state index in [1.807, 2.05) is 0 Å². The Morgan fingerprint density at radius 1 is 1.31 bits per heavy atom. The number of carbonyl (C=O) groups is 1. The van der Waals surface area contributed by atoms with E-state index in [1.165, 1.54) is 23.7 Å². The van der Waals surface area contributed by atoms with E-state index >= 15 is 0 Å². The van der Waals surface area contributed by atoms with Gasteiger partial charge in [-0.05, 0) is 36.2 Å². The minimum Gasteiger partial charge on any atom is -0.465 e. The van der Waals surface area contributed by atoms with Crippen LogP contribution in [0, 0.1) is 5.82 Å². The van der Waals surface area contributed by atoms with Gasteiger partial charge in [-0.3, -0.25) is 9.88 Å². The Hall–Kier alpha value is -2.11. The van der Waals surface area contributed by atoms with Gasteiger partial charge in [0.2, 0.25) is 10.9 Å². The smallest absolute Gasteiger partial charge is 0.339 e. The van der Waals surface area contributed by atoms with Crippen LogP contribution in [-0.2, 0) is 26.9 Å². The summed E-state index contributed by atoms with van der Waals surface area (Å²) in [5.41, 5.74) is 1.61. The molecule has 0 aliphatic carbocycles. The molecular formula is C21H25ClFN3O5S. The van der Waals surface area contributed by atoms with E-state index in [0.29, 0.717) is 38.4 Å². The molecule has 1 aliphatic rings. The highest BCUT2D eigenvalue weighted by molar-refractivity contribution is 7.69. The second kappa shape index (κ2) is 11.7. The summed E-state index contributed by atoms with van der Waals surface area (Å²) in [7, 11) is -1.59. The van der Waals surface area contributed by atoms with Crippen molar-refractivity contribution in [1.29, 1.82) is 0 Å². The molecule has 174 valence electrons. The number of halogens is 2. The summed E-state index contributed by atoms with van der Waals surface area (Å²) in [5.74, 6) is -1.01. The number of esters is 1. The van der Waals surface area contributed by atoms with Crippen molar-refractivity contribution in [2.45, 2.75) is 19.0 Å². The van der Waals surface area contributed by atoms with Crippen molar-refractivity contribution in [3.8, 4) is 0 Å². The summed E-state index contributed by atoms with van der Waals surface area (Å²) < 4.78 is 48.9. The SMILES string of the molecule is COC(=O)c1ccc(CN(CCC(c2ccc(F)c(Cl)c2)N2CCOCC2)[SH](=O)=O)nc1. The second-order valence-corrected chi connectivity index (χ2v) is 8.73. The zero-order chi connectivity index (χ0) is 23.1. The van der Waals surface area contributed by atoms with Crippen LogP contribution in [0.25, 0.3) is 0 Å². The Kier molecular flexibility index (Phi) is 8.94. The molecule has 1 aromatic heterocycles. The van der Waals surface area contributed by atoms with Gasteiger partial charge in [0.25, 0.3) is 0 Å². The van der Waals surface area contributed by atoms with Crippen LogP contribution in [0.3, 0.4) is 0 Å². The second-order valence-electron chi connectivity index (χ2n) is 7.28. The Balaban J connectivity index is 1.74. The third-order valence-corrected chi connectivity index (χ3v) is 6.39. The van der Waals surface area contributed by atoms with Crippen LogP contribution in [-0.4, -0.2) is 68.5 Å². The molecule has 3 rings (SSSR count). The molecule has 1 atom stereocenters. The first-order chi connectivity index (χ1) is 15.4. The number of pyridine rings is 1. The Labute approximate surface area is 193 Å². The van der Waals surface area contributed by atoms with E-state index in [1.54, 1.807) is 24.3 Å². The molecule has 32 heavy (non-hydrogen) atoms. The van der Waals surface area contributed by atoms with Gasteiger partial charge in [0.15, 0.2) is 0 Å². The van der Waals surface area contributed by atoms with Gasteiger partial charge in [0.05, 0.1) is 43.1 Å². The zero-order valence-corrected chi connectivity index (χ0v) is 19.2. The van der Waals surface area contributed by atoms with E-state index in [2.05, 4.69) is 14.6 Å². The number of ether oxygens (including phenoxy) is 2. The van der Waals surface area contributed by atoms with E-state index in [4.69, 9.17) is 16.3 Å². The maximum atomic E-state index is 13.7. The number of rotatable bonds is 9. The predicted octanol–water partition coefficient (Wildman–Crippen LogP) is 2.45. The van der Waals surface area contributed by atoms with Crippen LogP contribution >= 0.6 is 11.6 Å². The number of aromatic nitrogens is 1. The first-order valence-electron chi connectivity index (χ1n) is 10.1. The molecule has 1 aliphatic heterocycles. The molecule has 1 unspecified atom stereocenters. The van der Waals surface area contributed by atoms with Crippen molar-refractivity contribution in [1.82, 2.24) is 14.2 Å². The van der Waals surface area contributed by atoms with Gasteiger partial charge in [-0.1, -0.05) is 17.7 Å². The maximum Gasteiger partial charge on any atom is 0.339 e. The molecule has 0 N–H and O–H groups in total.